The Bertz CT molecular complexity index is 2490. The molecule has 8 rings (SSSR count). The van der Waals surface area contributed by atoms with E-state index in [1.165, 1.54) is 42.3 Å². The van der Waals surface area contributed by atoms with E-state index in [1.54, 1.807) is 12.1 Å². The van der Waals surface area contributed by atoms with Crippen LogP contribution in [0.4, 0.5) is 42.0 Å². The Labute approximate surface area is 381 Å². The summed E-state index contributed by atoms with van der Waals surface area (Å²) in [6, 6.07) is 5.16. The molecule has 5 aliphatic rings. The largest absolute Gasteiger partial charge is 0.495 e. The SMILES string of the molecule is COc1cc(C(=O)N[C@H]2CCN(C(=O)COCCOCCNc3cccc4c3C(=O)N(C3CCC(=O)NC3=O)C4=O)C2)c(F)cc1Nc1ncc2c(n1)N(C1CCCC1)CC(F)(F)C(=O)N2C. The van der Waals surface area contributed by atoms with Crippen molar-refractivity contribution < 1.29 is 60.9 Å². The molecule has 1 saturated carbocycles. The summed E-state index contributed by atoms with van der Waals surface area (Å²) in [6.07, 6.45) is 4.73. The molecule has 1 aromatic heterocycles. The monoisotopic (exact) mass is 934 g/mol. The molecule has 0 bridgehead atoms. The van der Waals surface area contributed by atoms with Crippen molar-refractivity contribution in [3.8, 4) is 5.75 Å². The Morgan fingerprint density at radius 3 is 2.51 bits per heavy atom. The summed E-state index contributed by atoms with van der Waals surface area (Å²) in [5.74, 6) is -9.26. The summed E-state index contributed by atoms with van der Waals surface area (Å²) >= 11 is 0. The zero-order chi connectivity index (χ0) is 47.6. The fraction of sp³-hybridized carbons (Fsp3) is 0.477. The number of amides is 7. The molecule has 67 heavy (non-hydrogen) atoms. The molecule has 20 nitrogen and oxygen atoms in total. The number of carbonyl (C=O) groups excluding carboxylic acids is 7. The van der Waals surface area contributed by atoms with Crippen LogP contribution in [0.25, 0.3) is 0 Å². The van der Waals surface area contributed by atoms with Crippen molar-refractivity contribution in [2.75, 3.05) is 87.2 Å². The number of nitrogens with one attached hydrogen (secondary N) is 4. The van der Waals surface area contributed by atoms with Crippen molar-refractivity contribution in [2.45, 2.75) is 69.0 Å². The van der Waals surface area contributed by atoms with Gasteiger partial charge in [0.05, 0.1) is 62.0 Å². The molecule has 4 N–H and O–H groups in total. The maximum Gasteiger partial charge on any atom is 0.342 e. The number of benzene rings is 2. The molecule has 23 heteroatoms. The maximum atomic E-state index is 15.6. The van der Waals surface area contributed by atoms with Crippen molar-refractivity contribution in [1.82, 2.24) is 30.4 Å². The van der Waals surface area contributed by atoms with E-state index in [1.807, 2.05) is 0 Å². The van der Waals surface area contributed by atoms with Gasteiger partial charge < -0.3 is 44.9 Å². The van der Waals surface area contributed by atoms with Gasteiger partial charge in [-0.1, -0.05) is 18.9 Å². The molecule has 2 aromatic carbocycles. The number of fused-ring (bicyclic) bond motifs is 2. The zero-order valence-electron chi connectivity index (χ0n) is 36.7. The second-order valence-electron chi connectivity index (χ2n) is 16.8. The number of hydrogen-bond donors (Lipinski definition) is 4. The van der Waals surface area contributed by atoms with Crippen molar-refractivity contribution in [3.05, 3.63) is 59.0 Å². The minimum Gasteiger partial charge on any atom is -0.495 e. The van der Waals surface area contributed by atoms with Crippen LogP contribution < -0.4 is 35.8 Å². The van der Waals surface area contributed by atoms with Crippen LogP contribution in [0.15, 0.2) is 36.5 Å². The van der Waals surface area contributed by atoms with Gasteiger partial charge in [-0.25, -0.2) is 9.37 Å². The standard InChI is InChI=1S/C44H49F3N10O10/c1-54-32-20-49-43(53-37(32)56(25-6-3-4-7-25)23-44(46,47)42(54)64)51-30-19-28(45)27(18-33(30)65-2)38(60)50-24-12-14-55(21-24)35(59)22-67-17-16-66-15-13-48-29-9-5-8-26-36(29)41(63)57(40(26)62)31-10-11-34(58)52-39(31)61/h5,8-9,18-20,24-25,31,48H,3-4,6-7,10-17,21-23H2,1-2H3,(H,50,60)(H,49,51,53)(H,52,58,61)/t24-,31?/m0/s1. The third kappa shape index (κ3) is 9.69. The number of rotatable bonds is 16. The number of nitrogens with zero attached hydrogens (tertiary/aromatic N) is 6. The molecule has 1 aliphatic carbocycles. The van der Waals surface area contributed by atoms with E-state index in [9.17, 15) is 33.6 Å². The third-order valence-electron chi connectivity index (χ3n) is 12.4. The number of ether oxygens (including phenoxy) is 3. The van der Waals surface area contributed by atoms with E-state index < -0.39 is 65.8 Å². The smallest absolute Gasteiger partial charge is 0.342 e. The molecule has 356 valence electrons. The number of carbonyl (C=O) groups is 7. The summed E-state index contributed by atoms with van der Waals surface area (Å²) in [5.41, 5.74) is 0.513. The van der Waals surface area contributed by atoms with Crippen LogP contribution in [0, 0.1) is 5.82 Å². The predicted octanol–water partition coefficient (Wildman–Crippen LogP) is 2.61. The molecule has 2 saturated heterocycles. The lowest BCUT2D eigenvalue weighted by Crippen LogP contribution is -2.54. The number of alkyl halides is 2. The summed E-state index contributed by atoms with van der Waals surface area (Å²) < 4.78 is 62.3. The predicted molar refractivity (Wildman–Crippen MR) is 232 cm³/mol. The summed E-state index contributed by atoms with van der Waals surface area (Å²) in [6.45, 7) is 0.0822. The van der Waals surface area contributed by atoms with Crippen molar-refractivity contribution in [2.24, 2.45) is 0 Å². The Hall–Kier alpha value is -6.88. The highest BCUT2D eigenvalue weighted by atomic mass is 19.3. The highest BCUT2D eigenvalue weighted by molar-refractivity contribution is 6.25. The molecule has 3 fully saturated rings. The van der Waals surface area contributed by atoms with E-state index in [0.717, 1.165) is 28.7 Å². The number of likely N-dealkylation sites (tertiary alicyclic amines) is 1. The van der Waals surface area contributed by atoms with Crippen LogP contribution in [0.2, 0.25) is 0 Å². The second kappa shape index (κ2) is 19.5. The second-order valence-corrected chi connectivity index (χ2v) is 16.8. The molecule has 1 unspecified atom stereocenters. The van der Waals surface area contributed by atoms with Gasteiger partial charge in [0.2, 0.25) is 23.7 Å². The van der Waals surface area contributed by atoms with E-state index in [-0.39, 0.29) is 110 Å². The molecule has 7 amide bonds. The number of piperidine rings is 1. The Balaban J connectivity index is 0.777. The maximum absolute atomic E-state index is 15.6. The number of halogens is 3. The lowest BCUT2D eigenvalue weighted by molar-refractivity contribution is -0.140. The summed E-state index contributed by atoms with van der Waals surface area (Å²) in [5, 5.41) is 10.9. The van der Waals surface area contributed by atoms with Gasteiger partial charge in [-0.2, -0.15) is 13.8 Å². The van der Waals surface area contributed by atoms with Crippen LogP contribution in [0.3, 0.4) is 0 Å². The first kappa shape index (κ1) is 46.6. The van der Waals surface area contributed by atoms with Crippen LogP contribution in [0.1, 0.15) is 76.0 Å². The number of anilines is 5. The van der Waals surface area contributed by atoms with E-state index in [0.29, 0.717) is 31.5 Å². The van der Waals surface area contributed by atoms with E-state index >= 15 is 13.2 Å². The van der Waals surface area contributed by atoms with Gasteiger partial charge in [0.15, 0.2) is 5.82 Å². The lowest BCUT2D eigenvalue weighted by Gasteiger charge is -2.31. The van der Waals surface area contributed by atoms with Crippen molar-refractivity contribution >= 4 is 70.2 Å². The molecule has 3 aromatic rings. The van der Waals surface area contributed by atoms with Gasteiger partial charge in [0.25, 0.3) is 23.6 Å². The minimum absolute atomic E-state index is 0.0150. The average Bonchev–Trinajstić information content (AvgIpc) is 4.06. The average molecular weight is 935 g/mol. The van der Waals surface area contributed by atoms with Crippen molar-refractivity contribution in [1.29, 1.82) is 0 Å². The summed E-state index contributed by atoms with van der Waals surface area (Å²) in [7, 11) is 2.56. The number of imide groups is 2. The van der Waals surface area contributed by atoms with Gasteiger partial charge in [0, 0.05) is 56.9 Å². The first-order chi connectivity index (χ1) is 32.1. The molecule has 4 aliphatic heterocycles. The van der Waals surface area contributed by atoms with Gasteiger partial charge in [-0.3, -0.25) is 43.8 Å². The van der Waals surface area contributed by atoms with Gasteiger partial charge in [0.1, 0.15) is 29.9 Å². The quantitative estimate of drug-likeness (QED) is 0.119. The first-order valence-corrected chi connectivity index (χ1v) is 21.9. The Morgan fingerprint density at radius 2 is 1.75 bits per heavy atom. The number of hydrogen-bond acceptors (Lipinski definition) is 15. The van der Waals surface area contributed by atoms with Crippen molar-refractivity contribution in [3.63, 3.8) is 0 Å². The Morgan fingerprint density at radius 1 is 0.970 bits per heavy atom. The normalized spacial score (nSPS) is 20.5. The molecule has 2 atom stereocenters. The van der Waals surface area contributed by atoms with Crippen LogP contribution >= 0.6 is 0 Å². The fourth-order valence-electron chi connectivity index (χ4n) is 8.98. The molecule has 0 spiro atoms. The van der Waals surface area contributed by atoms with Crippen LogP contribution in [-0.2, 0) is 28.7 Å². The first-order valence-electron chi connectivity index (χ1n) is 21.9. The minimum atomic E-state index is -3.66. The topological polar surface area (TPSA) is 234 Å². The molecular weight excluding hydrogens is 886 g/mol. The zero-order valence-corrected chi connectivity index (χ0v) is 36.7. The van der Waals surface area contributed by atoms with Gasteiger partial charge >= 0.3 is 5.92 Å². The highest BCUT2D eigenvalue weighted by Gasteiger charge is 2.49. The third-order valence-corrected chi connectivity index (χ3v) is 12.4. The van der Waals surface area contributed by atoms with Gasteiger partial charge in [-0.05, 0) is 43.9 Å². The summed E-state index contributed by atoms with van der Waals surface area (Å²) in [4.78, 5) is 103. The van der Waals surface area contributed by atoms with E-state index in [2.05, 4.69) is 31.2 Å². The van der Waals surface area contributed by atoms with E-state index in [4.69, 9.17) is 14.2 Å². The molecule has 5 heterocycles. The van der Waals surface area contributed by atoms with Crippen LogP contribution in [0.5, 0.6) is 5.75 Å². The lowest BCUT2D eigenvalue weighted by atomic mass is 10.0. The number of methoxy groups -OCH3 is 1. The molecular formula is C44H49F3N10O10. The van der Waals surface area contributed by atoms with Crippen LogP contribution in [-0.4, -0.2) is 152 Å². The fourth-order valence-corrected chi connectivity index (χ4v) is 8.98. The number of aromatic nitrogens is 2. The highest BCUT2D eigenvalue weighted by Crippen LogP contribution is 2.40. The Kier molecular flexibility index (Phi) is 13.6. The molecule has 0 radical (unpaired) electrons. The van der Waals surface area contributed by atoms with Gasteiger partial charge in [-0.15, -0.1) is 0 Å².